The van der Waals surface area contributed by atoms with Crippen LogP contribution < -0.4 is 15.1 Å². The number of pyridine rings is 2. The molecule has 1 saturated carbocycles. The minimum absolute atomic E-state index is 0.0274. The third-order valence-corrected chi connectivity index (χ3v) is 7.68. The van der Waals surface area contributed by atoms with E-state index in [0.29, 0.717) is 24.0 Å². The van der Waals surface area contributed by atoms with Crippen LogP contribution in [0.3, 0.4) is 0 Å². The first kappa shape index (κ1) is 23.8. The number of carbonyl (C=O) groups excluding carboxylic acids is 1. The molecule has 5 heterocycles. The van der Waals surface area contributed by atoms with Crippen LogP contribution in [0, 0.1) is 0 Å². The number of aromatic nitrogens is 5. The summed E-state index contributed by atoms with van der Waals surface area (Å²) in [7, 11) is 1.84. The summed E-state index contributed by atoms with van der Waals surface area (Å²) >= 11 is 0. The SMILES string of the molecule is CNCc1nc(N2CCCC2C)cc2c1CN(c1cccc(-c3nncn3C3(C(F)(F)F)CC3)n1)C2=O. The number of alkyl halides is 3. The van der Waals surface area contributed by atoms with Crippen molar-refractivity contribution < 1.29 is 18.0 Å². The second kappa shape index (κ2) is 8.51. The van der Waals surface area contributed by atoms with Gasteiger partial charge in [0.25, 0.3) is 5.91 Å². The predicted molar refractivity (Wildman–Crippen MR) is 130 cm³/mol. The maximum absolute atomic E-state index is 13.8. The van der Waals surface area contributed by atoms with E-state index in [0.717, 1.165) is 47.4 Å². The number of anilines is 2. The summed E-state index contributed by atoms with van der Waals surface area (Å²) in [6.45, 7) is 3.85. The number of hydrogen-bond donors (Lipinski definition) is 1. The molecule has 2 aliphatic heterocycles. The molecular weight excluding hydrogens is 485 g/mol. The molecule has 1 unspecified atom stereocenters. The number of halogens is 3. The molecule has 6 rings (SSSR count). The van der Waals surface area contributed by atoms with Gasteiger partial charge in [0.15, 0.2) is 5.82 Å². The van der Waals surface area contributed by atoms with Gasteiger partial charge in [-0.2, -0.15) is 13.2 Å². The summed E-state index contributed by atoms with van der Waals surface area (Å²) in [6, 6.07) is 7.15. The molecule has 1 aliphatic carbocycles. The van der Waals surface area contributed by atoms with Gasteiger partial charge < -0.3 is 10.2 Å². The molecule has 1 amide bonds. The number of amides is 1. The molecule has 1 atom stereocenters. The third kappa shape index (κ3) is 3.76. The fourth-order valence-corrected chi connectivity index (χ4v) is 5.47. The molecule has 9 nitrogen and oxygen atoms in total. The Bertz CT molecular complexity index is 1370. The zero-order valence-electron chi connectivity index (χ0n) is 20.6. The minimum Gasteiger partial charge on any atom is -0.354 e. The van der Waals surface area contributed by atoms with Gasteiger partial charge in [0.2, 0.25) is 0 Å². The van der Waals surface area contributed by atoms with Crippen molar-refractivity contribution >= 4 is 17.5 Å². The first-order valence-electron chi connectivity index (χ1n) is 12.4. The van der Waals surface area contributed by atoms with E-state index in [1.807, 2.05) is 13.1 Å². The summed E-state index contributed by atoms with van der Waals surface area (Å²) in [4.78, 5) is 26.8. The van der Waals surface area contributed by atoms with Crippen molar-refractivity contribution in [1.82, 2.24) is 30.0 Å². The third-order valence-electron chi connectivity index (χ3n) is 7.68. The van der Waals surface area contributed by atoms with Crippen molar-refractivity contribution in [3.63, 3.8) is 0 Å². The number of nitrogens with one attached hydrogen (secondary N) is 1. The van der Waals surface area contributed by atoms with E-state index in [4.69, 9.17) is 4.98 Å². The van der Waals surface area contributed by atoms with Crippen LogP contribution >= 0.6 is 0 Å². The largest absolute Gasteiger partial charge is 0.412 e. The molecule has 0 bridgehead atoms. The van der Waals surface area contributed by atoms with Crippen molar-refractivity contribution in [3.8, 4) is 11.5 Å². The lowest BCUT2D eigenvalue weighted by Crippen LogP contribution is -2.35. The molecule has 0 spiro atoms. The molecule has 0 radical (unpaired) electrons. The van der Waals surface area contributed by atoms with Gasteiger partial charge in [0.1, 0.15) is 29.2 Å². The van der Waals surface area contributed by atoms with Gasteiger partial charge in [-0.05, 0) is 57.9 Å². The van der Waals surface area contributed by atoms with Crippen LogP contribution in [0.15, 0.2) is 30.6 Å². The van der Waals surface area contributed by atoms with Crippen LogP contribution in [0.4, 0.5) is 24.8 Å². The van der Waals surface area contributed by atoms with Gasteiger partial charge in [-0.3, -0.25) is 14.3 Å². The summed E-state index contributed by atoms with van der Waals surface area (Å²) in [5.41, 5.74) is 0.453. The zero-order valence-corrected chi connectivity index (χ0v) is 20.6. The maximum Gasteiger partial charge on any atom is 0.412 e. The van der Waals surface area contributed by atoms with Crippen molar-refractivity contribution in [2.45, 2.75) is 63.5 Å². The zero-order chi connectivity index (χ0) is 25.9. The van der Waals surface area contributed by atoms with Crippen molar-refractivity contribution in [2.75, 3.05) is 23.4 Å². The van der Waals surface area contributed by atoms with E-state index in [-0.39, 0.29) is 36.8 Å². The molecule has 2 fully saturated rings. The monoisotopic (exact) mass is 512 g/mol. The highest BCUT2D eigenvalue weighted by Crippen LogP contribution is 2.56. The van der Waals surface area contributed by atoms with E-state index in [9.17, 15) is 18.0 Å². The lowest BCUT2D eigenvalue weighted by atomic mass is 10.1. The van der Waals surface area contributed by atoms with Crippen LogP contribution in [-0.4, -0.2) is 56.5 Å². The molecule has 3 aromatic heterocycles. The molecule has 1 saturated heterocycles. The van der Waals surface area contributed by atoms with E-state index in [1.54, 1.807) is 23.1 Å². The molecule has 0 aromatic carbocycles. The van der Waals surface area contributed by atoms with Crippen molar-refractivity contribution in [2.24, 2.45) is 0 Å². The van der Waals surface area contributed by atoms with Gasteiger partial charge in [0, 0.05) is 24.7 Å². The molecular formula is C25H27F3N8O. The van der Waals surface area contributed by atoms with Crippen LogP contribution in [0.1, 0.15) is 54.2 Å². The standard InChI is InChI=1S/C25H27F3N8O/c1-15-5-4-10-34(15)21-11-16-17(19(32-21)12-29-2)13-35(23(16)37)20-7-3-6-18(31-20)22-33-30-14-36(22)24(8-9-24)25(26,27)28/h3,6-7,11,14-15,29H,4-5,8-10,12-13H2,1-2H3. The second-order valence-corrected chi connectivity index (χ2v) is 9.99. The van der Waals surface area contributed by atoms with E-state index in [2.05, 4.69) is 32.3 Å². The molecule has 37 heavy (non-hydrogen) atoms. The Morgan fingerprint density at radius 2 is 2.00 bits per heavy atom. The van der Waals surface area contributed by atoms with Crippen LogP contribution in [0.25, 0.3) is 11.5 Å². The lowest BCUT2D eigenvalue weighted by molar-refractivity contribution is -0.179. The number of hydrogen-bond acceptors (Lipinski definition) is 7. The predicted octanol–water partition coefficient (Wildman–Crippen LogP) is 3.66. The number of carbonyl (C=O) groups is 1. The highest BCUT2D eigenvalue weighted by Gasteiger charge is 2.65. The smallest absolute Gasteiger partial charge is 0.354 e. The first-order valence-corrected chi connectivity index (χ1v) is 12.4. The topological polar surface area (TPSA) is 92.1 Å². The highest BCUT2D eigenvalue weighted by atomic mass is 19.4. The van der Waals surface area contributed by atoms with E-state index < -0.39 is 11.7 Å². The van der Waals surface area contributed by atoms with Gasteiger partial charge >= 0.3 is 6.18 Å². The average Bonchev–Trinajstić information content (AvgIpc) is 3.19. The van der Waals surface area contributed by atoms with Gasteiger partial charge in [-0.1, -0.05) is 6.07 Å². The number of rotatable bonds is 6. The van der Waals surface area contributed by atoms with E-state index >= 15 is 0 Å². The Kier molecular flexibility index (Phi) is 5.48. The summed E-state index contributed by atoms with van der Waals surface area (Å²) in [5.74, 6) is 0.962. The Morgan fingerprint density at radius 1 is 1.19 bits per heavy atom. The lowest BCUT2D eigenvalue weighted by Gasteiger charge is -2.24. The Hall–Kier alpha value is -3.54. The van der Waals surface area contributed by atoms with Gasteiger partial charge in [-0.25, -0.2) is 9.97 Å². The minimum atomic E-state index is -4.42. The molecule has 12 heteroatoms. The summed E-state index contributed by atoms with van der Waals surface area (Å²) in [6.07, 6.45) is -1.20. The Balaban J connectivity index is 1.35. The van der Waals surface area contributed by atoms with Crippen LogP contribution in [0.5, 0.6) is 0 Å². The van der Waals surface area contributed by atoms with Crippen LogP contribution in [-0.2, 0) is 18.6 Å². The summed E-state index contributed by atoms with van der Waals surface area (Å²) in [5, 5.41) is 10.8. The Morgan fingerprint density at radius 3 is 2.68 bits per heavy atom. The second-order valence-electron chi connectivity index (χ2n) is 9.99. The highest BCUT2D eigenvalue weighted by molar-refractivity contribution is 6.10. The van der Waals surface area contributed by atoms with Gasteiger partial charge in [0.05, 0.1) is 17.8 Å². The van der Waals surface area contributed by atoms with E-state index in [1.165, 1.54) is 0 Å². The van der Waals surface area contributed by atoms with Crippen molar-refractivity contribution in [3.05, 3.63) is 47.4 Å². The fourth-order valence-electron chi connectivity index (χ4n) is 5.47. The molecule has 1 N–H and O–H groups in total. The quantitative estimate of drug-likeness (QED) is 0.539. The first-order chi connectivity index (χ1) is 17.7. The molecule has 3 aromatic rings. The molecule has 194 valence electrons. The fraction of sp³-hybridized carbons (Fsp3) is 0.480. The van der Waals surface area contributed by atoms with Crippen molar-refractivity contribution in [1.29, 1.82) is 0 Å². The normalized spacial score (nSPS) is 20.6. The average molecular weight is 513 g/mol. The number of nitrogens with zero attached hydrogens (tertiary/aromatic N) is 7. The van der Waals surface area contributed by atoms with Gasteiger partial charge in [-0.15, -0.1) is 10.2 Å². The number of fused-ring (bicyclic) bond motifs is 1. The summed E-state index contributed by atoms with van der Waals surface area (Å²) < 4.78 is 42.4. The van der Waals surface area contributed by atoms with Crippen LogP contribution in [0.2, 0.25) is 0 Å². The maximum atomic E-state index is 13.8. The Labute approximate surface area is 211 Å². The molecule has 3 aliphatic rings.